The highest BCUT2D eigenvalue weighted by molar-refractivity contribution is 6.01. The van der Waals surface area contributed by atoms with Gasteiger partial charge in [-0.05, 0) is 11.1 Å². The predicted molar refractivity (Wildman–Crippen MR) is 72.8 cm³/mol. The molecule has 101 valence electrons. The molecule has 2 rings (SSSR count). The lowest BCUT2D eigenvalue weighted by Gasteiger charge is -2.14. The first-order chi connectivity index (χ1) is 9.65. The molecule has 0 heterocycles. The Morgan fingerprint density at radius 1 is 0.950 bits per heavy atom. The number of hydrogen-bond donors (Lipinski definition) is 2. The zero-order chi connectivity index (χ0) is 14.5. The summed E-state index contributed by atoms with van der Waals surface area (Å²) >= 11 is 0. The van der Waals surface area contributed by atoms with Crippen LogP contribution in [0, 0.1) is 0 Å². The van der Waals surface area contributed by atoms with Crippen LogP contribution in [0.5, 0.6) is 0 Å². The van der Waals surface area contributed by atoms with Crippen molar-refractivity contribution in [2.45, 2.75) is 12.2 Å². The van der Waals surface area contributed by atoms with Crippen LogP contribution < -0.4 is 0 Å². The fourth-order valence-corrected chi connectivity index (χ4v) is 1.96. The topological polar surface area (TPSA) is 74.6 Å². The number of rotatable bonds is 5. The summed E-state index contributed by atoms with van der Waals surface area (Å²) in [6, 6.07) is 14.6. The molecular formula is C16H13O4. The molecule has 2 aromatic rings. The maximum absolute atomic E-state index is 12.3. The highest BCUT2D eigenvalue weighted by Crippen LogP contribution is 2.23. The Morgan fingerprint density at radius 3 is 2.20 bits per heavy atom. The van der Waals surface area contributed by atoms with Crippen LogP contribution >= 0.6 is 0 Å². The third-order valence-electron chi connectivity index (χ3n) is 3.00. The van der Waals surface area contributed by atoms with Crippen molar-refractivity contribution >= 4 is 12.1 Å². The Hall–Kier alpha value is -2.30. The number of aliphatic hydroxyl groups excluding tert-OH is 2. The van der Waals surface area contributed by atoms with Crippen molar-refractivity contribution in [3.05, 3.63) is 71.3 Å². The van der Waals surface area contributed by atoms with E-state index < -0.39 is 18.0 Å². The van der Waals surface area contributed by atoms with Crippen LogP contribution in [0.25, 0.3) is 0 Å². The lowest BCUT2D eigenvalue weighted by molar-refractivity contribution is 0.0743. The molecule has 0 saturated heterocycles. The number of carbonyl (C=O) groups excluding carboxylic acids is 2. The van der Waals surface area contributed by atoms with Gasteiger partial charge in [0.25, 0.3) is 0 Å². The Bertz CT molecular complexity index is 607. The van der Waals surface area contributed by atoms with E-state index in [-0.39, 0.29) is 11.1 Å². The van der Waals surface area contributed by atoms with E-state index in [1.807, 2.05) is 0 Å². The van der Waals surface area contributed by atoms with Crippen molar-refractivity contribution in [3.8, 4) is 0 Å². The number of Topliss-reactive ketones (excluding diaryl/α,β-unsaturated/α-hetero) is 1. The zero-order valence-electron chi connectivity index (χ0n) is 10.6. The first kappa shape index (κ1) is 14.1. The van der Waals surface area contributed by atoms with Crippen molar-refractivity contribution in [3.63, 3.8) is 0 Å². The van der Waals surface area contributed by atoms with Gasteiger partial charge in [0, 0.05) is 5.56 Å². The molecule has 0 aliphatic rings. The van der Waals surface area contributed by atoms with Crippen LogP contribution in [0.1, 0.15) is 33.7 Å². The van der Waals surface area contributed by atoms with Gasteiger partial charge in [0.05, 0.1) is 0 Å². The molecule has 0 aromatic heterocycles. The minimum Gasteiger partial charge on any atom is -0.380 e. The van der Waals surface area contributed by atoms with E-state index in [1.54, 1.807) is 42.5 Å². The van der Waals surface area contributed by atoms with Gasteiger partial charge in [-0.2, -0.15) is 0 Å². The van der Waals surface area contributed by atoms with Gasteiger partial charge >= 0.3 is 0 Å². The van der Waals surface area contributed by atoms with E-state index in [2.05, 4.69) is 0 Å². The van der Waals surface area contributed by atoms with E-state index in [1.165, 1.54) is 18.4 Å². The molecular weight excluding hydrogens is 256 g/mol. The molecule has 0 aliphatic carbocycles. The number of carbonyl (C=O) groups is 1. The molecule has 0 aliphatic heterocycles. The van der Waals surface area contributed by atoms with Crippen LogP contribution in [-0.2, 0) is 4.79 Å². The summed E-state index contributed by atoms with van der Waals surface area (Å²) in [7, 11) is 0. The molecule has 20 heavy (non-hydrogen) atoms. The van der Waals surface area contributed by atoms with Crippen LogP contribution in [0.4, 0.5) is 0 Å². The maximum Gasteiger partial charge on any atom is 0.234 e. The van der Waals surface area contributed by atoms with E-state index in [0.717, 1.165) is 0 Å². The van der Waals surface area contributed by atoms with Crippen molar-refractivity contribution in [2.75, 3.05) is 0 Å². The molecule has 0 spiro atoms. The summed E-state index contributed by atoms with van der Waals surface area (Å²) < 4.78 is 0. The van der Waals surface area contributed by atoms with E-state index >= 15 is 0 Å². The summed E-state index contributed by atoms with van der Waals surface area (Å²) in [6.07, 6.45) is -1.41. The number of ketones is 1. The minimum absolute atomic E-state index is 0.111. The van der Waals surface area contributed by atoms with Crippen molar-refractivity contribution in [1.82, 2.24) is 0 Å². The maximum atomic E-state index is 12.3. The Morgan fingerprint density at radius 2 is 1.55 bits per heavy atom. The molecule has 0 amide bonds. The molecule has 2 atom stereocenters. The second kappa shape index (κ2) is 6.23. The van der Waals surface area contributed by atoms with Crippen LogP contribution in [-0.4, -0.2) is 22.3 Å². The molecule has 2 N–H and O–H groups in total. The monoisotopic (exact) mass is 269 g/mol. The first-order valence-corrected chi connectivity index (χ1v) is 6.07. The minimum atomic E-state index is -1.50. The van der Waals surface area contributed by atoms with Gasteiger partial charge in [-0.1, -0.05) is 54.6 Å². The van der Waals surface area contributed by atoms with Gasteiger partial charge in [-0.25, -0.2) is 0 Å². The third-order valence-corrected chi connectivity index (χ3v) is 3.00. The lowest BCUT2D eigenvalue weighted by atomic mass is 9.94. The van der Waals surface area contributed by atoms with E-state index in [4.69, 9.17) is 0 Å². The molecule has 1 radical (unpaired) electrons. The molecule has 0 bridgehead atoms. The third kappa shape index (κ3) is 2.82. The Labute approximate surface area is 116 Å². The number of hydrogen-bond acceptors (Lipinski definition) is 4. The van der Waals surface area contributed by atoms with Gasteiger partial charge in [0.1, 0.15) is 12.2 Å². The summed E-state index contributed by atoms with van der Waals surface area (Å²) in [6.45, 7) is 0. The molecule has 0 fully saturated rings. The zero-order valence-corrected chi connectivity index (χ0v) is 10.6. The van der Waals surface area contributed by atoms with Crippen LogP contribution in [0.15, 0.2) is 54.6 Å². The lowest BCUT2D eigenvalue weighted by Crippen LogP contribution is -2.16. The molecule has 2 aromatic carbocycles. The summed E-state index contributed by atoms with van der Waals surface area (Å²) in [5.41, 5.74) is 0.707. The highest BCUT2D eigenvalue weighted by atomic mass is 16.3. The van der Waals surface area contributed by atoms with Crippen LogP contribution in [0.2, 0.25) is 0 Å². The average Bonchev–Trinajstić information content (AvgIpc) is 2.53. The largest absolute Gasteiger partial charge is 0.380 e. The van der Waals surface area contributed by atoms with Crippen molar-refractivity contribution in [2.24, 2.45) is 0 Å². The summed E-state index contributed by atoms with van der Waals surface area (Å²) in [4.78, 5) is 22.9. The van der Waals surface area contributed by atoms with Gasteiger partial charge in [0.15, 0.2) is 5.78 Å². The average molecular weight is 269 g/mol. The van der Waals surface area contributed by atoms with Gasteiger partial charge in [-0.15, -0.1) is 0 Å². The number of benzene rings is 2. The first-order valence-electron chi connectivity index (χ1n) is 6.07. The number of aliphatic hydroxyl groups is 2. The Kier molecular flexibility index (Phi) is 4.40. The molecule has 2 unspecified atom stereocenters. The standard InChI is InChI=1S/C16H13O4/c17-10-14(18)12-8-4-5-9-13(12)16(20)15(19)11-6-2-1-3-7-11/h1-9,14-15,18-19H. The summed E-state index contributed by atoms with van der Waals surface area (Å²) in [5.74, 6) is -0.568. The smallest absolute Gasteiger partial charge is 0.234 e. The van der Waals surface area contributed by atoms with E-state index in [0.29, 0.717) is 5.56 Å². The quantitative estimate of drug-likeness (QED) is 0.811. The fourth-order valence-electron chi connectivity index (χ4n) is 1.96. The predicted octanol–water partition coefficient (Wildman–Crippen LogP) is 1.75. The SMILES string of the molecule is O=[C]C(O)c1ccccc1C(=O)C(O)c1ccccc1. The van der Waals surface area contributed by atoms with Crippen LogP contribution in [0.3, 0.4) is 0 Å². The highest BCUT2D eigenvalue weighted by Gasteiger charge is 2.23. The van der Waals surface area contributed by atoms with Crippen molar-refractivity contribution in [1.29, 1.82) is 0 Å². The Balaban J connectivity index is 2.37. The van der Waals surface area contributed by atoms with Gasteiger partial charge in [0.2, 0.25) is 6.29 Å². The second-order valence-electron chi connectivity index (χ2n) is 4.29. The van der Waals surface area contributed by atoms with Gasteiger partial charge in [-0.3, -0.25) is 9.59 Å². The molecule has 4 heteroatoms. The molecule has 0 saturated carbocycles. The van der Waals surface area contributed by atoms with Crippen molar-refractivity contribution < 1.29 is 19.8 Å². The summed E-state index contributed by atoms with van der Waals surface area (Å²) in [5, 5.41) is 19.6. The van der Waals surface area contributed by atoms with Gasteiger partial charge < -0.3 is 10.2 Å². The second-order valence-corrected chi connectivity index (χ2v) is 4.29. The molecule has 4 nitrogen and oxygen atoms in total. The van der Waals surface area contributed by atoms with E-state index in [9.17, 15) is 19.8 Å². The fraction of sp³-hybridized carbons (Fsp3) is 0.125. The normalized spacial score (nSPS) is 13.5.